The van der Waals surface area contributed by atoms with Crippen LogP contribution in [-0.2, 0) is 0 Å². The van der Waals surface area contributed by atoms with Gasteiger partial charge in [-0.2, -0.15) is 0 Å². The van der Waals surface area contributed by atoms with E-state index in [4.69, 9.17) is 17.3 Å². The van der Waals surface area contributed by atoms with Gasteiger partial charge in [0.2, 0.25) is 0 Å². The van der Waals surface area contributed by atoms with Gasteiger partial charge in [0.1, 0.15) is 5.01 Å². The third-order valence-electron chi connectivity index (χ3n) is 2.30. The van der Waals surface area contributed by atoms with Crippen LogP contribution in [0.3, 0.4) is 0 Å². The second-order valence-corrected chi connectivity index (χ2v) is 5.43. The number of aryl methyl sites for hydroxylation is 1. The molecule has 4 heteroatoms. The molecular formula is C12H13ClN2S. The van der Waals surface area contributed by atoms with Gasteiger partial charge >= 0.3 is 0 Å². The van der Waals surface area contributed by atoms with Crippen LogP contribution in [0, 0.1) is 6.92 Å². The Morgan fingerprint density at radius 3 is 2.75 bits per heavy atom. The number of hydrogen-bond acceptors (Lipinski definition) is 3. The van der Waals surface area contributed by atoms with Crippen molar-refractivity contribution in [2.45, 2.75) is 19.9 Å². The van der Waals surface area contributed by atoms with Crippen LogP contribution in [0.1, 0.15) is 22.9 Å². The van der Waals surface area contributed by atoms with Gasteiger partial charge in [-0.25, -0.2) is 4.98 Å². The minimum atomic E-state index is -0.0170. The molecule has 0 amide bonds. The van der Waals surface area contributed by atoms with Crippen molar-refractivity contribution in [2.75, 3.05) is 0 Å². The minimum Gasteiger partial charge on any atom is -0.322 e. The summed E-state index contributed by atoms with van der Waals surface area (Å²) in [5.41, 5.74) is 7.86. The molecule has 0 saturated heterocycles. The second-order valence-electron chi connectivity index (χ2n) is 3.76. The lowest BCUT2D eigenvalue weighted by Gasteiger charge is -1.99. The summed E-state index contributed by atoms with van der Waals surface area (Å²) in [5, 5.41) is 1.69. The first-order valence-electron chi connectivity index (χ1n) is 5.07. The highest BCUT2D eigenvalue weighted by atomic mass is 35.5. The van der Waals surface area contributed by atoms with Crippen molar-refractivity contribution in [2.24, 2.45) is 5.73 Å². The topological polar surface area (TPSA) is 38.9 Å². The average molecular weight is 253 g/mol. The minimum absolute atomic E-state index is 0.0170. The zero-order valence-corrected chi connectivity index (χ0v) is 10.8. The Bertz CT molecular complexity index is 505. The molecule has 0 spiro atoms. The molecule has 0 aliphatic heterocycles. The number of hydrogen-bond donors (Lipinski definition) is 1. The molecule has 1 atom stereocenters. The summed E-state index contributed by atoms with van der Waals surface area (Å²) in [6.07, 6.45) is 0. The van der Waals surface area contributed by atoms with E-state index in [0.717, 1.165) is 21.3 Å². The average Bonchev–Trinajstić information content (AvgIpc) is 2.60. The first-order valence-corrected chi connectivity index (χ1v) is 6.26. The highest BCUT2D eigenvalue weighted by molar-refractivity contribution is 7.12. The van der Waals surface area contributed by atoms with Gasteiger partial charge < -0.3 is 5.73 Å². The lowest BCUT2D eigenvalue weighted by molar-refractivity contribution is 0.808. The van der Waals surface area contributed by atoms with Crippen LogP contribution in [-0.4, -0.2) is 4.98 Å². The molecule has 2 nitrogen and oxygen atoms in total. The maximum absolute atomic E-state index is 5.97. The number of nitrogens with zero attached hydrogens (tertiary/aromatic N) is 1. The van der Waals surface area contributed by atoms with E-state index in [0.29, 0.717) is 0 Å². The molecule has 1 aromatic heterocycles. The highest BCUT2D eigenvalue weighted by Crippen LogP contribution is 2.30. The smallest absolute Gasteiger partial charge is 0.110 e. The van der Waals surface area contributed by atoms with E-state index in [9.17, 15) is 0 Å². The Balaban J connectivity index is 2.48. The lowest BCUT2D eigenvalue weighted by atomic mass is 10.1. The van der Waals surface area contributed by atoms with E-state index in [2.05, 4.69) is 11.9 Å². The second kappa shape index (κ2) is 4.53. The zero-order valence-electron chi connectivity index (χ0n) is 9.20. The number of nitrogens with two attached hydrogens (primary N) is 1. The van der Waals surface area contributed by atoms with Gasteiger partial charge in [-0.3, -0.25) is 0 Å². The van der Waals surface area contributed by atoms with Crippen LogP contribution >= 0.6 is 22.9 Å². The molecule has 84 valence electrons. The summed E-state index contributed by atoms with van der Waals surface area (Å²) >= 11 is 7.61. The Morgan fingerprint density at radius 1 is 1.44 bits per heavy atom. The molecule has 2 N–H and O–H groups in total. The SMILES string of the molecule is Cc1sc(C(C)N)nc1-c1cccc(Cl)c1. The molecule has 16 heavy (non-hydrogen) atoms. The highest BCUT2D eigenvalue weighted by Gasteiger charge is 2.12. The van der Waals surface area contributed by atoms with Crippen LogP contribution in [0.4, 0.5) is 0 Å². The molecule has 2 rings (SSSR count). The van der Waals surface area contributed by atoms with Gasteiger partial charge in [-0.05, 0) is 26.0 Å². The van der Waals surface area contributed by atoms with Gasteiger partial charge in [0.05, 0.1) is 11.7 Å². The van der Waals surface area contributed by atoms with E-state index in [-0.39, 0.29) is 6.04 Å². The predicted molar refractivity (Wildman–Crippen MR) is 69.9 cm³/mol. The summed E-state index contributed by atoms with van der Waals surface area (Å²) < 4.78 is 0. The fourth-order valence-corrected chi connectivity index (χ4v) is 2.60. The van der Waals surface area contributed by atoms with Gasteiger partial charge in [0.25, 0.3) is 0 Å². The third-order valence-corrected chi connectivity index (χ3v) is 3.71. The molecule has 0 fully saturated rings. The number of thiazole rings is 1. The molecule has 0 radical (unpaired) electrons. The third kappa shape index (κ3) is 2.26. The fourth-order valence-electron chi connectivity index (χ4n) is 1.52. The molecule has 1 heterocycles. The summed E-state index contributed by atoms with van der Waals surface area (Å²) in [5.74, 6) is 0. The number of aromatic nitrogens is 1. The number of rotatable bonds is 2. The van der Waals surface area contributed by atoms with E-state index in [1.807, 2.05) is 31.2 Å². The molecular weight excluding hydrogens is 240 g/mol. The molecule has 2 aromatic rings. The van der Waals surface area contributed by atoms with Gasteiger partial charge in [0, 0.05) is 15.5 Å². The Hall–Kier alpha value is -0.900. The summed E-state index contributed by atoms with van der Waals surface area (Å²) in [4.78, 5) is 5.73. The van der Waals surface area contributed by atoms with Crippen LogP contribution in [0.15, 0.2) is 24.3 Å². The van der Waals surface area contributed by atoms with Crippen LogP contribution in [0.5, 0.6) is 0 Å². The van der Waals surface area contributed by atoms with Crippen LogP contribution in [0.25, 0.3) is 11.3 Å². The first kappa shape index (κ1) is 11.6. The van der Waals surface area contributed by atoms with Gasteiger partial charge in [-0.1, -0.05) is 23.7 Å². The Kier molecular flexibility index (Phi) is 3.28. The Morgan fingerprint density at radius 2 is 2.19 bits per heavy atom. The van der Waals surface area contributed by atoms with E-state index < -0.39 is 0 Å². The van der Waals surface area contributed by atoms with Crippen molar-refractivity contribution >= 4 is 22.9 Å². The summed E-state index contributed by atoms with van der Waals surface area (Å²) in [6, 6.07) is 7.71. The quantitative estimate of drug-likeness (QED) is 0.883. The maximum atomic E-state index is 5.97. The molecule has 1 aromatic carbocycles. The number of benzene rings is 1. The molecule has 0 aliphatic carbocycles. The largest absolute Gasteiger partial charge is 0.322 e. The van der Waals surface area contributed by atoms with E-state index >= 15 is 0 Å². The molecule has 0 saturated carbocycles. The molecule has 1 unspecified atom stereocenters. The van der Waals surface area contributed by atoms with Crippen molar-refractivity contribution < 1.29 is 0 Å². The standard InChI is InChI=1S/C12H13ClN2S/c1-7(14)12-15-11(8(2)16-12)9-4-3-5-10(13)6-9/h3-7H,14H2,1-2H3. The maximum Gasteiger partial charge on any atom is 0.110 e. The monoisotopic (exact) mass is 252 g/mol. The predicted octanol–water partition coefficient (Wildman–Crippen LogP) is 3.79. The van der Waals surface area contributed by atoms with Crippen molar-refractivity contribution in [3.8, 4) is 11.3 Å². The van der Waals surface area contributed by atoms with Crippen molar-refractivity contribution in [1.82, 2.24) is 4.98 Å². The zero-order chi connectivity index (χ0) is 11.7. The van der Waals surface area contributed by atoms with Crippen molar-refractivity contribution in [3.05, 3.63) is 39.2 Å². The van der Waals surface area contributed by atoms with Crippen LogP contribution in [0.2, 0.25) is 5.02 Å². The summed E-state index contributed by atoms with van der Waals surface area (Å²) in [6.45, 7) is 4.00. The van der Waals surface area contributed by atoms with E-state index in [1.165, 1.54) is 4.88 Å². The van der Waals surface area contributed by atoms with Gasteiger partial charge in [0.15, 0.2) is 0 Å². The lowest BCUT2D eigenvalue weighted by Crippen LogP contribution is -2.03. The summed E-state index contributed by atoms with van der Waals surface area (Å²) in [7, 11) is 0. The van der Waals surface area contributed by atoms with Crippen molar-refractivity contribution in [1.29, 1.82) is 0 Å². The molecule has 0 bridgehead atoms. The van der Waals surface area contributed by atoms with Gasteiger partial charge in [-0.15, -0.1) is 11.3 Å². The molecule has 0 aliphatic rings. The Labute approximate surface area is 104 Å². The van der Waals surface area contributed by atoms with Crippen molar-refractivity contribution in [3.63, 3.8) is 0 Å². The first-order chi connectivity index (χ1) is 7.58. The van der Waals surface area contributed by atoms with Crippen LogP contribution < -0.4 is 5.73 Å². The fraction of sp³-hybridized carbons (Fsp3) is 0.250. The van der Waals surface area contributed by atoms with E-state index in [1.54, 1.807) is 11.3 Å². The normalized spacial score (nSPS) is 12.8. The number of halogens is 1.